The van der Waals surface area contributed by atoms with E-state index in [4.69, 9.17) is 0 Å². The summed E-state index contributed by atoms with van der Waals surface area (Å²) in [5.41, 5.74) is 0.399. The van der Waals surface area contributed by atoms with Crippen LogP contribution < -0.4 is 5.32 Å². The van der Waals surface area contributed by atoms with Gasteiger partial charge in [-0.1, -0.05) is 42.7 Å². The molecule has 0 bridgehead atoms. The van der Waals surface area contributed by atoms with Crippen molar-refractivity contribution < 1.29 is 9.50 Å². The number of aromatic nitrogens is 2. The Morgan fingerprint density at radius 3 is 2.59 bits per heavy atom. The molecule has 1 aliphatic carbocycles. The van der Waals surface area contributed by atoms with E-state index in [1.165, 1.54) is 29.9 Å². The summed E-state index contributed by atoms with van der Waals surface area (Å²) >= 11 is 1.48. The molecule has 4 nitrogen and oxygen atoms in total. The summed E-state index contributed by atoms with van der Waals surface area (Å²) in [5, 5.41) is 23.5. The summed E-state index contributed by atoms with van der Waals surface area (Å²) in [6, 6.07) is 6.42. The highest BCUT2D eigenvalue weighted by molar-refractivity contribution is 7.15. The Bertz CT molecular complexity index is 608. The molecule has 1 aromatic heterocycles. The highest BCUT2D eigenvalue weighted by atomic mass is 32.1. The van der Waals surface area contributed by atoms with Gasteiger partial charge < -0.3 is 10.4 Å². The van der Waals surface area contributed by atoms with Crippen molar-refractivity contribution in [2.24, 2.45) is 0 Å². The van der Waals surface area contributed by atoms with Gasteiger partial charge in [0.2, 0.25) is 5.13 Å². The predicted molar refractivity (Wildman–Crippen MR) is 85.6 cm³/mol. The predicted octanol–water partition coefficient (Wildman–Crippen LogP) is 3.38. The molecule has 0 amide bonds. The van der Waals surface area contributed by atoms with Crippen LogP contribution in [0.2, 0.25) is 0 Å². The van der Waals surface area contributed by atoms with Gasteiger partial charge >= 0.3 is 0 Å². The van der Waals surface area contributed by atoms with Gasteiger partial charge in [0.15, 0.2) is 0 Å². The second-order valence-electron chi connectivity index (χ2n) is 5.94. The topological polar surface area (TPSA) is 58.0 Å². The highest BCUT2D eigenvalue weighted by Crippen LogP contribution is 2.29. The van der Waals surface area contributed by atoms with Crippen LogP contribution in [-0.4, -0.2) is 27.4 Å². The molecule has 0 aliphatic heterocycles. The number of nitrogens with zero attached hydrogens (tertiary/aromatic N) is 2. The molecular formula is C16H20FN3OS. The molecule has 6 heteroatoms. The van der Waals surface area contributed by atoms with Crippen molar-refractivity contribution in [3.63, 3.8) is 0 Å². The fourth-order valence-electron chi connectivity index (χ4n) is 2.80. The van der Waals surface area contributed by atoms with E-state index in [0.29, 0.717) is 13.0 Å². The number of hydrogen-bond donors (Lipinski definition) is 2. The number of benzene rings is 1. The summed E-state index contributed by atoms with van der Waals surface area (Å²) in [6.07, 6.45) is 5.73. The molecule has 2 aromatic rings. The van der Waals surface area contributed by atoms with Crippen LogP contribution in [0.3, 0.4) is 0 Å². The van der Waals surface area contributed by atoms with Crippen molar-refractivity contribution in [1.29, 1.82) is 0 Å². The Labute approximate surface area is 133 Å². The molecule has 1 aromatic carbocycles. The summed E-state index contributed by atoms with van der Waals surface area (Å²) in [6.45, 7) is 0.526. The largest absolute Gasteiger partial charge is 0.388 e. The Morgan fingerprint density at radius 2 is 1.86 bits per heavy atom. The molecule has 3 rings (SSSR count). The molecule has 1 fully saturated rings. The second-order valence-corrected chi connectivity index (χ2v) is 7.00. The minimum atomic E-state index is -0.610. The van der Waals surface area contributed by atoms with Crippen LogP contribution in [0.15, 0.2) is 24.3 Å². The Hall–Kier alpha value is -1.53. The normalized spacial score (nSPS) is 17.4. The summed E-state index contributed by atoms with van der Waals surface area (Å²) in [7, 11) is 0. The molecule has 118 valence electrons. The van der Waals surface area contributed by atoms with Crippen molar-refractivity contribution >= 4 is 16.5 Å². The first-order valence-electron chi connectivity index (χ1n) is 7.66. The SMILES string of the molecule is OC1(CNc2nnc(Cc3ccc(F)cc3)s2)CCCCC1. The van der Waals surface area contributed by atoms with Crippen LogP contribution in [0, 0.1) is 5.82 Å². The highest BCUT2D eigenvalue weighted by Gasteiger charge is 2.29. The van der Waals surface area contributed by atoms with Gasteiger partial charge in [0.05, 0.1) is 5.60 Å². The lowest BCUT2D eigenvalue weighted by atomic mass is 9.85. The maximum atomic E-state index is 12.9. The number of hydrogen-bond acceptors (Lipinski definition) is 5. The number of rotatable bonds is 5. The third-order valence-corrected chi connectivity index (χ3v) is 4.97. The van der Waals surface area contributed by atoms with Gasteiger partial charge in [-0.05, 0) is 30.5 Å². The van der Waals surface area contributed by atoms with E-state index in [-0.39, 0.29) is 5.82 Å². The molecule has 0 spiro atoms. The summed E-state index contributed by atoms with van der Waals surface area (Å²) < 4.78 is 12.9. The molecule has 1 heterocycles. The van der Waals surface area contributed by atoms with Gasteiger partial charge in [-0.3, -0.25) is 0 Å². The van der Waals surface area contributed by atoms with Crippen LogP contribution >= 0.6 is 11.3 Å². The van der Waals surface area contributed by atoms with E-state index < -0.39 is 5.60 Å². The third kappa shape index (κ3) is 4.01. The lowest BCUT2D eigenvalue weighted by molar-refractivity contribution is 0.0167. The smallest absolute Gasteiger partial charge is 0.205 e. The fraction of sp³-hybridized carbons (Fsp3) is 0.500. The zero-order valence-corrected chi connectivity index (χ0v) is 13.2. The van der Waals surface area contributed by atoms with E-state index in [1.54, 1.807) is 12.1 Å². The van der Waals surface area contributed by atoms with Gasteiger partial charge in [-0.2, -0.15) is 0 Å². The third-order valence-electron chi connectivity index (χ3n) is 4.09. The number of nitrogens with one attached hydrogen (secondary N) is 1. The van der Waals surface area contributed by atoms with E-state index in [9.17, 15) is 9.50 Å². The molecule has 2 N–H and O–H groups in total. The van der Waals surface area contributed by atoms with E-state index in [2.05, 4.69) is 15.5 Å². The average molecular weight is 321 g/mol. The Balaban J connectivity index is 1.55. The molecule has 0 radical (unpaired) electrons. The van der Waals surface area contributed by atoms with Crippen molar-refractivity contribution in [3.8, 4) is 0 Å². The molecule has 1 aliphatic rings. The fourth-order valence-corrected chi connectivity index (χ4v) is 3.57. The van der Waals surface area contributed by atoms with E-state index in [1.807, 2.05) is 0 Å². The van der Waals surface area contributed by atoms with E-state index >= 15 is 0 Å². The van der Waals surface area contributed by atoms with Gasteiger partial charge in [-0.25, -0.2) is 4.39 Å². The lowest BCUT2D eigenvalue weighted by Crippen LogP contribution is -2.38. The van der Waals surface area contributed by atoms with Crippen LogP contribution in [0.25, 0.3) is 0 Å². The minimum absolute atomic E-state index is 0.232. The first kappa shape index (κ1) is 15.4. The van der Waals surface area contributed by atoms with Crippen molar-refractivity contribution in [2.45, 2.75) is 44.1 Å². The van der Waals surface area contributed by atoms with Crippen molar-refractivity contribution in [2.75, 3.05) is 11.9 Å². The van der Waals surface area contributed by atoms with Gasteiger partial charge in [0, 0.05) is 13.0 Å². The molecule has 0 atom stereocenters. The standard InChI is InChI=1S/C16H20FN3OS/c17-13-6-4-12(5-7-13)10-14-19-20-15(22-14)18-11-16(21)8-2-1-3-9-16/h4-7,21H,1-3,8-11H2,(H,18,20). The zero-order valence-electron chi connectivity index (χ0n) is 12.4. The first-order valence-corrected chi connectivity index (χ1v) is 8.48. The first-order chi connectivity index (χ1) is 10.6. The molecular weight excluding hydrogens is 301 g/mol. The number of halogens is 1. The monoisotopic (exact) mass is 321 g/mol. The molecule has 1 saturated carbocycles. The van der Waals surface area contributed by atoms with Crippen LogP contribution in [0.4, 0.5) is 9.52 Å². The van der Waals surface area contributed by atoms with Gasteiger partial charge in [0.25, 0.3) is 0 Å². The van der Waals surface area contributed by atoms with Crippen molar-refractivity contribution in [3.05, 3.63) is 40.7 Å². The Kier molecular flexibility index (Phi) is 4.69. The zero-order chi connectivity index (χ0) is 15.4. The molecule has 0 saturated heterocycles. The maximum absolute atomic E-state index is 12.9. The van der Waals surface area contributed by atoms with Crippen molar-refractivity contribution in [1.82, 2.24) is 10.2 Å². The van der Waals surface area contributed by atoms with Gasteiger partial charge in [0.1, 0.15) is 10.8 Å². The van der Waals surface area contributed by atoms with E-state index in [0.717, 1.165) is 41.4 Å². The van der Waals surface area contributed by atoms with Crippen LogP contribution in [-0.2, 0) is 6.42 Å². The lowest BCUT2D eigenvalue weighted by Gasteiger charge is -2.31. The molecule has 0 unspecified atom stereocenters. The quantitative estimate of drug-likeness (QED) is 0.886. The maximum Gasteiger partial charge on any atom is 0.205 e. The minimum Gasteiger partial charge on any atom is -0.388 e. The average Bonchev–Trinajstić information content (AvgIpc) is 2.96. The molecule has 22 heavy (non-hydrogen) atoms. The second kappa shape index (κ2) is 6.71. The number of aliphatic hydroxyl groups is 1. The van der Waals surface area contributed by atoms with Crippen LogP contribution in [0.5, 0.6) is 0 Å². The van der Waals surface area contributed by atoms with Crippen LogP contribution in [0.1, 0.15) is 42.7 Å². The van der Waals surface area contributed by atoms with Gasteiger partial charge in [-0.15, -0.1) is 10.2 Å². The summed E-state index contributed by atoms with van der Waals surface area (Å²) in [4.78, 5) is 0. The Morgan fingerprint density at radius 1 is 1.14 bits per heavy atom. The number of anilines is 1. The summed E-state index contributed by atoms with van der Waals surface area (Å²) in [5.74, 6) is -0.232.